The number of aliphatic carboxylic acids is 3. The van der Waals surface area contributed by atoms with Crippen LogP contribution in [-0.2, 0) is 14.4 Å². The highest BCUT2D eigenvalue weighted by Crippen LogP contribution is 2.04. The summed E-state index contributed by atoms with van der Waals surface area (Å²) in [6, 6.07) is -1.70. The van der Waals surface area contributed by atoms with Gasteiger partial charge in [0.25, 0.3) is 0 Å². The molecule has 136 valence electrons. The molecule has 0 spiro atoms. The molecule has 0 aliphatic carbocycles. The molecule has 0 saturated carbocycles. The van der Waals surface area contributed by atoms with Gasteiger partial charge in [0.05, 0.1) is 0 Å². The van der Waals surface area contributed by atoms with E-state index >= 15 is 0 Å². The number of carboxylic acid groups (broad SMARTS) is 3. The van der Waals surface area contributed by atoms with Crippen LogP contribution in [0.5, 0.6) is 0 Å². The first-order chi connectivity index (χ1) is 10.5. The maximum atomic E-state index is 10.2. The molecule has 23 heavy (non-hydrogen) atoms. The Morgan fingerprint density at radius 3 is 1.74 bits per heavy atom. The van der Waals surface area contributed by atoms with E-state index in [4.69, 9.17) is 26.8 Å². The predicted molar refractivity (Wildman–Crippen MR) is 85.0 cm³/mol. The van der Waals surface area contributed by atoms with Crippen LogP contribution in [0.2, 0.25) is 0 Å². The Hall–Kier alpha value is -1.71. The van der Waals surface area contributed by atoms with Crippen molar-refractivity contribution >= 4 is 17.9 Å². The minimum Gasteiger partial charge on any atom is -0.480 e. The molecular weight excluding hydrogens is 306 g/mol. The lowest BCUT2D eigenvalue weighted by Gasteiger charge is -2.11. The SMILES string of the molecule is CC[C@H](C)[C@H](N)C(=O)O.C[C@H](N)C(=O)O.O=C(O)[C@@H]1CCCN1. The maximum Gasteiger partial charge on any atom is 0.320 e. The van der Waals surface area contributed by atoms with Crippen molar-refractivity contribution < 1.29 is 29.7 Å². The van der Waals surface area contributed by atoms with Crippen molar-refractivity contribution in [3.05, 3.63) is 0 Å². The van der Waals surface area contributed by atoms with Crippen molar-refractivity contribution in [2.45, 2.75) is 58.2 Å². The normalized spacial score (nSPS) is 20.0. The van der Waals surface area contributed by atoms with Crippen LogP contribution < -0.4 is 16.8 Å². The van der Waals surface area contributed by atoms with E-state index in [9.17, 15) is 14.4 Å². The van der Waals surface area contributed by atoms with E-state index in [1.165, 1.54) is 6.92 Å². The number of carbonyl (C=O) groups is 3. The van der Waals surface area contributed by atoms with Crippen molar-refractivity contribution in [3.63, 3.8) is 0 Å². The van der Waals surface area contributed by atoms with Gasteiger partial charge in [0.15, 0.2) is 0 Å². The van der Waals surface area contributed by atoms with E-state index in [0.29, 0.717) is 0 Å². The van der Waals surface area contributed by atoms with Crippen LogP contribution in [0.1, 0.15) is 40.0 Å². The molecule has 0 aromatic carbocycles. The quantitative estimate of drug-likeness (QED) is 0.393. The third-order valence-corrected chi connectivity index (χ3v) is 3.29. The molecule has 0 aromatic rings. The molecule has 9 heteroatoms. The fourth-order valence-electron chi connectivity index (χ4n) is 1.39. The number of hydrogen-bond donors (Lipinski definition) is 6. The Labute approximate surface area is 136 Å². The highest BCUT2D eigenvalue weighted by Gasteiger charge is 2.20. The zero-order valence-electron chi connectivity index (χ0n) is 13.9. The molecule has 1 rings (SSSR count). The average molecular weight is 335 g/mol. The van der Waals surface area contributed by atoms with Crippen LogP contribution in [0.25, 0.3) is 0 Å². The molecule has 8 N–H and O–H groups in total. The van der Waals surface area contributed by atoms with E-state index in [0.717, 1.165) is 25.8 Å². The largest absolute Gasteiger partial charge is 0.480 e. The lowest BCUT2D eigenvalue weighted by Crippen LogP contribution is -2.36. The Balaban J connectivity index is 0. The van der Waals surface area contributed by atoms with Gasteiger partial charge >= 0.3 is 17.9 Å². The van der Waals surface area contributed by atoms with Gasteiger partial charge in [-0.3, -0.25) is 14.4 Å². The van der Waals surface area contributed by atoms with Crippen molar-refractivity contribution in [2.75, 3.05) is 6.54 Å². The second-order valence-corrected chi connectivity index (χ2v) is 5.36. The van der Waals surface area contributed by atoms with Gasteiger partial charge in [-0.1, -0.05) is 20.3 Å². The summed E-state index contributed by atoms with van der Waals surface area (Å²) in [5.41, 5.74) is 10.1. The summed E-state index contributed by atoms with van der Waals surface area (Å²) in [5.74, 6) is -2.52. The second-order valence-electron chi connectivity index (χ2n) is 5.36. The van der Waals surface area contributed by atoms with Gasteiger partial charge in [-0.05, 0) is 32.2 Å². The molecule has 0 unspecified atom stereocenters. The monoisotopic (exact) mass is 335 g/mol. The summed E-state index contributed by atoms with van der Waals surface area (Å²) >= 11 is 0. The van der Waals surface area contributed by atoms with Crippen LogP contribution >= 0.6 is 0 Å². The molecule has 1 fully saturated rings. The van der Waals surface area contributed by atoms with Crippen LogP contribution in [0.4, 0.5) is 0 Å². The Morgan fingerprint density at radius 1 is 1.13 bits per heavy atom. The summed E-state index contributed by atoms with van der Waals surface area (Å²) in [6.07, 6.45) is 2.60. The summed E-state index contributed by atoms with van der Waals surface area (Å²) in [4.78, 5) is 29.9. The molecule has 9 nitrogen and oxygen atoms in total. The first-order valence-corrected chi connectivity index (χ1v) is 7.47. The van der Waals surface area contributed by atoms with Crippen molar-refractivity contribution in [1.29, 1.82) is 0 Å². The van der Waals surface area contributed by atoms with Gasteiger partial charge in [0, 0.05) is 0 Å². The second kappa shape index (κ2) is 12.8. The lowest BCUT2D eigenvalue weighted by molar-refractivity contribution is -0.140. The number of nitrogens with one attached hydrogen (secondary N) is 1. The Bertz CT molecular complexity index is 370. The van der Waals surface area contributed by atoms with Gasteiger partial charge in [-0.25, -0.2) is 0 Å². The minimum atomic E-state index is -0.963. The van der Waals surface area contributed by atoms with Gasteiger partial charge in [-0.15, -0.1) is 0 Å². The predicted octanol–water partition coefficient (Wildman–Crippen LogP) is -0.314. The first-order valence-electron chi connectivity index (χ1n) is 7.47. The Morgan fingerprint density at radius 2 is 1.61 bits per heavy atom. The molecule has 0 bridgehead atoms. The molecular formula is C14H29N3O6. The minimum absolute atomic E-state index is 0.0718. The smallest absolute Gasteiger partial charge is 0.320 e. The van der Waals surface area contributed by atoms with Crippen LogP contribution in [0.3, 0.4) is 0 Å². The molecule has 0 amide bonds. The summed E-state index contributed by atoms with van der Waals surface area (Å²) in [6.45, 7) is 6.03. The van der Waals surface area contributed by atoms with Gasteiger partial charge in [-0.2, -0.15) is 0 Å². The highest BCUT2D eigenvalue weighted by atomic mass is 16.4. The van der Waals surface area contributed by atoms with E-state index in [1.54, 1.807) is 0 Å². The average Bonchev–Trinajstić information content (AvgIpc) is 3.01. The van der Waals surface area contributed by atoms with E-state index in [1.807, 2.05) is 13.8 Å². The number of nitrogens with two attached hydrogens (primary N) is 2. The van der Waals surface area contributed by atoms with Crippen molar-refractivity contribution in [3.8, 4) is 0 Å². The number of rotatable bonds is 5. The van der Waals surface area contributed by atoms with E-state index < -0.39 is 30.0 Å². The highest BCUT2D eigenvalue weighted by molar-refractivity contribution is 5.74. The third kappa shape index (κ3) is 12.5. The molecule has 4 atom stereocenters. The van der Waals surface area contributed by atoms with Crippen LogP contribution in [0.15, 0.2) is 0 Å². The lowest BCUT2D eigenvalue weighted by atomic mass is 10.0. The summed E-state index contributed by atoms with van der Waals surface area (Å²) in [7, 11) is 0. The van der Waals surface area contributed by atoms with Crippen molar-refractivity contribution in [2.24, 2.45) is 17.4 Å². The molecule has 1 saturated heterocycles. The van der Waals surface area contributed by atoms with E-state index in [2.05, 4.69) is 5.32 Å². The van der Waals surface area contributed by atoms with Gasteiger partial charge < -0.3 is 32.1 Å². The van der Waals surface area contributed by atoms with E-state index in [-0.39, 0.29) is 12.0 Å². The zero-order chi connectivity index (χ0) is 18.6. The number of hydrogen-bond acceptors (Lipinski definition) is 6. The molecule has 1 heterocycles. The topological polar surface area (TPSA) is 176 Å². The fraction of sp³-hybridized carbons (Fsp3) is 0.786. The molecule has 1 aliphatic rings. The van der Waals surface area contributed by atoms with Crippen molar-refractivity contribution in [1.82, 2.24) is 5.32 Å². The molecule has 1 aliphatic heterocycles. The summed E-state index contributed by atoms with van der Waals surface area (Å²) < 4.78 is 0. The van der Waals surface area contributed by atoms with Gasteiger partial charge in [0.2, 0.25) is 0 Å². The zero-order valence-corrected chi connectivity index (χ0v) is 13.9. The van der Waals surface area contributed by atoms with Gasteiger partial charge in [0.1, 0.15) is 18.1 Å². The third-order valence-electron chi connectivity index (χ3n) is 3.29. The first kappa shape index (κ1) is 23.6. The maximum absolute atomic E-state index is 10.2. The number of carboxylic acids is 3. The summed E-state index contributed by atoms with van der Waals surface area (Å²) in [5, 5.41) is 27.4. The molecule has 0 radical (unpaired) electrons. The fourth-order valence-corrected chi connectivity index (χ4v) is 1.39. The standard InChI is InChI=1S/C6H13NO2.C5H9NO2.C3H7NO2/c1-3-4(2)5(7)6(8)9;7-5(8)4-2-1-3-6-4;1-2(4)3(5)6/h4-5H,3,7H2,1-2H3,(H,8,9);4,6H,1-3H2,(H,7,8);2H,4H2,1H3,(H,5,6)/t4-,5-;4-;2-/m000/s1. The van der Waals surface area contributed by atoms with Crippen LogP contribution in [0, 0.1) is 5.92 Å². The Kier molecular flexibility index (Phi) is 13.1. The van der Waals surface area contributed by atoms with Crippen LogP contribution in [-0.4, -0.2) is 57.9 Å². The molecule has 0 aromatic heterocycles.